The molecular formula is C23H19FN8O3. The third kappa shape index (κ3) is 6.44. The number of nitrogens with one attached hydrogen (secondary N) is 3. The summed E-state index contributed by atoms with van der Waals surface area (Å²) >= 11 is 0. The molecular weight excluding hydrogens is 455 g/mol. The molecule has 12 heteroatoms. The van der Waals surface area contributed by atoms with Gasteiger partial charge in [0.05, 0.1) is 18.2 Å². The first-order valence-corrected chi connectivity index (χ1v) is 10.2. The van der Waals surface area contributed by atoms with Gasteiger partial charge in [0, 0.05) is 23.5 Å². The molecule has 35 heavy (non-hydrogen) atoms. The van der Waals surface area contributed by atoms with Crippen LogP contribution in [0.1, 0.15) is 5.56 Å². The van der Waals surface area contributed by atoms with Crippen molar-refractivity contribution >= 4 is 41.1 Å². The molecule has 1 heterocycles. The van der Waals surface area contributed by atoms with Crippen molar-refractivity contribution in [3.05, 3.63) is 94.3 Å². The van der Waals surface area contributed by atoms with Crippen molar-refractivity contribution in [1.82, 2.24) is 15.0 Å². The summed E-state index contributed by atoms with van der Waals surface area (Å²) in [6.07, 6.45) is 1.42. The van der Waals surface area contributed by atoms with E-state index in [9.17, 15) is 14.5 Å². The molecule has 176 valence electrons. The molecule has 3 N–H and O–H groups in total. The van der Waals surface area contributed by atoms with Gasteiger partial charge in [0.15, 0.2) is 0 Å². The number of nitrogens with zero attached hydrogens (tertiary/aromatic N) is 5. The largest absolute Gasteiger partial charge is 0.497 e. The molecule has 0 atom stereocenters. The molecule has 4 rings (SSSR count). The van der Waals surface area contributed by atoms with Gasteiger partial charge in [0.25, 0.3) is 5.69 Å². The number of nitro groups is 1. The second-order valence-corrected chi connectivity index (χ2v) is 7.01. The third-order valence-electron chi connectivity index (χ3n) is 4.54. The maximum Gasteiger partial charge on any atom is 0.269 e. The minimum Gasteiger partial charge on any atom is -0.497 e. The summed E-state index contributed by atoms with van der Waals surface area (Å²) < 4.78 is 18.5. The Morgan fingerprint density at radius 3 is 2.09 bits per heavy atom. The van der Waals surface area contributed by atoms with E-state index in [1.54, 1.807) is 43.5 Å². The average Bonchev–Trinajstić information content (AvgIpc) is 2.85. The van der Waals surface area contributed by atoms with E-state index in [0.29, 0.717) is 22.7 Å². The number of rotatable bonds is 9. The Morgan fingerprint density at radius 2 is 1.51 bits per heavy atom. The van der Waals surface area contributed by atoms with Crippen LogP contribution in [0.2, 0.25) is 0 Å². The van der Waals surface area contributed by atoms with Gasteiger partial charge in [0.2, 0.25) is 17.8 Å². The molecule has 1 aromatic heterocycles. The molecule has 3 aromatic carbocycles. The molecule has 0 radical (unpaired) electrons. The summed E-state index contributed by atoms with van der Waals surface area (Å²) in [6, 6.07) is 18.9. The van der Waals surface area contributed by atoms with Gasteiger partial charge in [0.1, 0.15) is 11.6 Å². The fourth-order valence-corrected chi connectivity index (χ4v) is 2.89. The summed E-state index contributed by atoms with van der Waals surface area (Å²) in [5, 5.41) is 21.0. The molecule has 0 aliphatic rings. The lowest BCUT2D eigenvalue weighted by molar-refractivity contribution is -0.384. The summed E-state index contributed by atoms with van der Waals surface area (Å²) in [5.74, 6) is 0.787. The van der Waals surface area contributed by atoms with E-state index in [-0.39, 0.29) is 29.3 Å². The van der Waals surface area contributed by atoms with E-state index < -0.39 is 4.92 Å². The van der Waals surface area contributed by atoms with Crippen LogP contribution in [0.5, 0.6) is 5.75 Å². The van der Waals surface area contributed by atoms with E-state index >= 15 is 0 Å². The maximum absolute atomic E-state index is 13.4. The van der Waals surface area contributed by atoms with Crippen LogP contribution in [-0.2, 0) is 0 Å². The normalized spacial score (nSPS) is 10.7. The van der Waals surface area contributed by atoms with Gasteiger partial charge in [-0.1, -0.05) is 12.1 Å². The van der Waals surface area contributed by atoms with Crippen molar-refractivity contribution < 1.29 is 14.1 Å². The smallest absolute Gasteiger partial charge is 0.269 e. The topological polar surface area (TPSA) is 139 Å². The van der Waals surface area contributed by atoms with Crippen molar-refractivity contribution in [2.75, 3.05) is 23.2 Å². The Morgan fingerprint density at radius 1 is 0.914 bits per heavy atom. The Balaban J connectivity index is 1.58. The van der Waals surface area contributed by atoms with E-state index in [1.807, 2.05) is 0 Å². The van der Waals surface area contributed by atoms with Crippen LogP contribution in [0, 0.1) is 15.9 Å². The first kappa shape index (κ1) is 23.0. The van der Waals surface area contributed by atoms with Crippen LogP contribution < -0.4 is 20.8 Å². The highest BCUT2D eigenvalue weighted by molar-refractivity contribution is 5.80. The van der Waals surface area contributed by atoms with Gasteiger partial charge >= 0.3 is 0 Å². The van der Waals surface area contributed by atoms with E-state index in [2.05, 4.69) is 36.1 Å². The molecule has 0 aliphatic heterocycles. The second kappa shape index (κ2) is 10.7. The van der Waals surface area contributed by atoms with E-state index in [0.717, 1.165) is 0 Å². The lowest BCUT2D eigenvalue weighted by Crippen LogP contribution is -2.07. The van der Waals surface area contributed by atoms with Crippen LogP contribution in [0.3, 0.4) is 0 Å². The summed E-state index contributed by atoms with van der Waals surface area (Å²) in [5.41, 5.74) is 4.45. The molecule has 0 fully saturated rings. The number of methoxy groups -OCH3 is 1. The van der Waals surface area contributed by atoms with Gasteiger partial charge in [-0.3, -0.25) is 10.1 Å². The number of hydrogen-bond acceptors (Lipinski definition) is 10. The van der Waals surface area contributed by atoms with Crippen molar-refractivity contribution in [3.63, 3.8) is 0 Å². The number of non-ortho nitro benzene ring substituents is 1. The highest BCUT2D eigenvalue weighted by Crippen LogP contribution is 2.22. The lowest BCUT2D eigenvalue weighted by Gasteiger charge is -2.10. The monoisotopic (exact) mass is 474 g/mol. The van der Waals surface area contributed by atoms with Gasteiger partial charge in [-0.2, -0.15) is 20.1 Å². The zero-order valence-corrected chi connectivity index (χ0v) is 18.3. The Labute approximate surface area is 198 Å². The van der Waals surface area contributed by atoms with Crippen molar-refractivity contribution in [1.29, 1.82) is 0 Å². The van der Waals surface area contributed by atoms with Gasteiger partial charge < -0.3 is 15.4 Å². The highest BCUT2D eigenvalue weighted by Gasteiger charge is 2.09. The van der Waals surface area contributed by atoms with Crippen molar-refractivity contribution in [3.8, 4) is 5.75 Å². The van der Waals surface area contributed by atoms with Crippen LogP contribution in [-0.4, -0.2) is 33.2 Å². The first-order valence-electron chi connectivity index (χ1n) is 10.2. The number of benzene rings is 3. The molecule has 0 aliphatic carbocycles. The molecule has 0 bridgehead atoms. The zero-order chi connectivity index (χ0) is 24.6. The summed E-state index contributed by atoms with van der Waals surface area (Å²) in [7, 11) is 1.58. The number of aromatic nitrogens is 3. The number of hydrazone groups is 1. The Hall–Kier alpha value is -5.13. The van der Waals surface area contributed by atoms with Crippen molar-refractivity contribution in [2.45, 2.75) is 0 Å². The number of ether oxygens (including phenoxy) is 1. The molecule has 4 aromatic rings. The molecule has 0 saturated carbocycles. The quantitative estimate of drug-likeness (QED) is 0.176. The molecule has 0 unspecified atom stereocenters. The number of hydrogen-bond donors (Lipinski definition) is 3. The van der Waals surface area contributed by atoms with E-state index in [1.165, 1.54) is 42.6 Å². The molecule has 0 spiro atoms. The summed E-state index contributed by atoms with van der Waals surface area (Å²) in [6.45, 7) is 0. The lowest BCUT2D eigenvalue weighted by atomic mass is 10.2. The van der Waals surface area contributed by atoms with Crippen LogP contribution >= 0.6 is 0 Å². The second-order valence-electron chi connectivity index (χ2n) is 7.01. The third-order valence-corrected chi connectivity index (χ3v) is 4.54. The van der Waals surface area contributed by atoms with E-state index in [4.69, 9.17) is 4.74 Å². The minimum atomic E-state index is -0.484. The average molecular weight is 474 g/mol. The Bertz CT molecular complexity index is 1350. The maximum atomic E-state index is 13.4. The van der Waals surface area contributed by atoms with Gasteiger partial charge in [-0.05, 0) is 54.1 Å². The number of anilines is 5. The predicted molar refractivity (Wildman–Crippen MR) is 130 cm³/mol. The standard InChI is InChI=1S/C23H19FN8O3/c1-35-20-11-7-18(8-12-20)27-22-28-21(26-17-5-9-19(10-6-17)32(33)34)29-23(30-22)31-25-14-15-3-2-4-16(24)13-15/h2-14H,1H3,(H3,26,27,28,29,30,31). The van der Waals surface area contributed by atoms with Crippen LogP contribution in [0.4, 0.5) is 39.3 Å². The number of nitro benzene ring substituents is 1. The fraction of sp³-hybridized carbons (Fsp3) is 0.0435. The first-order chi connectivity index (χ1) is 17.0. The van der Waals surface area contributed by atoms with Gasteiger partial charge in [-0.15, -0.1) is 0 Å². The van der Waals surface area contributed by atoms with Crippen LogP contribution in [0.15, 0.2) is 77.9 Å². The molecule has 11 nitrogen and oxygen atoms in total. The number of halogens is 1. The zero-order valence-electron chi connectivity index (χ0n) is 18.3. The van der Waals surface area contributed by atoms with Crippen molar-refractivity contribution in [2.24, 2.45) is 5.10 Å². The predicted octanol–water partition coefficient (Wildman–Crippen LogP) is 4.86. The van der Waals surface area contributed by atoms with Crippen LogP contribution in [0.25, 0.3) is 0 Å². The summed E-state index contributed by atoms with van der Waals surface area (Å²) in [4.78, 5) is 23.3. The highest BCUT2D eigenvalue weighted by atomic mass is 19.1. The SMILES string of the molecule is COc1ccc(Nc2nc(NN=Cc3cccc(F)c3)nc(Nc3ccc([N+](=O)[O-])cc3)n2)cc1. The molecule has 0 amide bonds. The fourth-order valence-electron chi connectivity index (χ4n) is 2.89. The Kier molecular flexibility index (Phi) is 7.02. The minimum absolute atomic E-state index is 0.0397. The molecule has 0 saturated heterocycles. The van der Waals surface area contributed by atoms with Gasteiger partial charge in [-0.25, -0.2) is 9.82 Å².